The number of guanidine groups is 1. The number of ether oxygens (including phenoxy) is 2. The summed E-state index contributed by atoms with van der Waals surface area (Å²) in [6, 6.07) is 13.5. The van der Waals surface area contributed by atoms with Gasteiger partial charge in [-0.25, -0.2) is 10.4 Å². The number of anilines is 1. The van der Waals surface area contributed by atoms with E-state index in [2.05, 4.69) is 26.2 Å². The number of hydrogen-bond donors (Lipinski definition) is 3. The molecule has 1 unspecified atom stereocenters. The summed E-state index contributed by atoms with van der Waals surface area (Å²) in [5.41, 5.74) is 4.01. The van der Waals surface area contributed by atoms with Gasteiger partial charge in [-0.05, 0) is 24.3 Å². The van der Waals surface area contributed by atoms with E-state index in [1.807, 2.05) is 24.3 Å². The maximum absolute atomic E-state index is 12.2. The average molecular weight is 395 g/mol. The summed E-state index contributed by atoms with van der Waals surface area (Å²) in [5.74, 6) is 0.767. The van der Waals surface area contributed by atoms with E-state index < -0.39 is 6.04 Å². The topological polar surface area (TPSA) is 113 Å². The van der Waals surface area contributed by atoms with Crippen molar-refractivity contribution in [3.63, 3.8) is 0 Å². The molecule has 0 spiro atoms. The van der Waals surface area contributed by atoms with Crippen LogP contribution in [-0.4, -0.2) is 44.2 Å². The van der Waals surface area contributed by atoms with Gasteiger partial charge in [0.2, 0.25) is 11.9 Å². The van der Waals surface area contributed by atoms with Crippen LogP contribution in [0.1, 0.15) is 12.0 Å². The van der Waals surface area contributed by atoms with Gasteiger partial charge in [-0.15, -0.1) is 0 Å². The SMILES string of the molecule is COc1cccc(NC(=O)CC2N=C(N/N=C/c3ccccc3OC)NC2=O)c1. The molecule has 1 atom stereocenters. The predicted molar refractivity (Wildman–Crippen MR) is 109 cm³/mol. The van der Waals surface area contributed by atoms with Gasteiger partial charge in [-0.1, -0.05) is 18.2 Å². The van der Waals surface area contributed by atoms with Crippen molar-refractivity contribution >= 4 is 29.7 Å². The first kappa shape index (κ1) is 19.9. The van der Waals surface area contributed by atoms with Crippen LogP contribution in [0.25, 0.3) is 0 Å². The van der Waals surface area contributed by atoms with Crippen molar-refractivity contribution in [2.75, 3.05) is 19.5 Å². The lowest BCUT2D eigenvalue weighted by atomic mass is 10.2. The van der Waals surface area contributed by atoms with Crippen molar-refractivity contribution in [3.8, 4) is 11.5 Å². The maximum atomic E-state index is 12.2. The fourth-order valence-electron chi connectivity index (χ4n) is 2.67. The fourth-order valence-corrected chi connectivity index (χ4v) is 2.67. The molecule has 9 heteroatoms. The number of carbonyl (C=O) groups is 2. The number of nitrogens with one attached hydrogen (secondary N) is 3. The van der Waals surface area contributed by atoms with E-state index in [0.717, 1.165) is 5.56 Å². The summed E-state index contributed by atoms with van der Waals surface area (Å²) in [4.78, 5) is 28.5. The Hall–Kier alpha value is -3.88. The molecule has 9 nitrogen and oxygen atoms in total. The Labute approximate surface area is 167 Å². The van der Waals surface area contributed by atoms with E-state index in [9.17, 15) is 9.59 Å². The smallest absolute Gasteiger partial charge is 0.252 e. The first-order valence-corrected chi connectivity index (χ1v) is 8.83. The largest absolute Gasteiger partial charge is 0.497 e. The third-order valence-corrected chi connectivity index (χ3v) is 4.07. The molecule has 0 saturated heterocycles. The highest BCUT2D eigenvalue weighted by Gasteiger charge is 2.28. The Morgan fingerprint density at radius 3 is 2.83 bits per heavy atom. The lowest BCUT2D eigenvalue weighted by Crippen LogP contribution is -2.35. The Morgan fingerprint density at radius 1 is 1.21 bits per heavy atom. The second-order valence-electron chi connectivity index (χ2n) is 6.08. The molecule has 0 fully saturated rings. The van der Waals surface area contributed by atoms with Crippen molar-refractivity contribution in [2.45, 2.75) is 12.5 Å². The third kappa shape index (κ3) is 5.32. The molecule has 0 radical (unpaired) electrons. The fraction of sp³-hybridized carbons (Fsp3) is 0.200. The van der Waals surface area contributed by atoms with E-state index >= 15 is 0 Å². The zero-order valence-corrected chi connectivity index (χ0v) is 16.0. The van der Waals surface area contributed by atoms with E-state index in [0.29, 0.717) is 17.2 Å². The standard InChI is InChI=1S/C20H21N5O4/c1-28-15-8-5-7-14(10-15)22-18(26)11-16-19(27)24-20(23-16)25-21-12-13-6-3-4-9-17(13)29-2/h3-10,12,16H,11H2,1-2H3,(H,22,26)(H2,23,24,25,27)/b21-12+. The Balaban J connectivity index is 1.56. The second-order valence-corrected chi connectivity index (χ2v) is 6.08. The van der Waals surface area contributed by atoms with Gasteiger partial charge in [0.15, 0.2) is 0 Å². The average Bonchev–Trinajstić information content (AvgIpc) is 3.07. The van der Waals surface area contributed by atoms with E-state index in [4.69, 9.17) is 9.47 Å². The number of hydrazone groups is 1. The van der Waals surface area contributed by atoms with Crippen LogP contribution in [0.15, 0.2) is 58.6 Å². The van der Waals surface area contributed by atoms with Gasteiger partial charge in [0.05, 0.1) is 26.9 Å². The van der Waals surface area contributed by atoms with E-state index in [1.165, 1.54) is 0 Å². The van der Waals surface area contributed by atoms with Gasteiger partial charge < -0.3 is 14.8 Å². The number of hydrogen-bond acceptors (Lipinski definition) is 7. The zero-order valence-electron chi connectivity index (χ0n) is 16.0. The molecular formula is C20H21N5O4. The molecule has 2 aromatic carbocycles. The van der Waals surface area contributed by atoms with Crippen molar-refractivity contribution in [1.29, 1.82) is 0 Å². The van der Waals surface area contributed by atoms with Crippen LogP contribution >= 0.6 is 0 Å². The maximum Gasteiger partial charge on any atom is 0.252 e. The molecule has 0 bridgehead atoms. The first-order chi connectivity index (χ1) is 14.1. The minimum absolute atomic E-state index is 0.0928. The minimum atomic E-state index is -0.829. The summed E-state index contributed by atoms with van der Waals surface area (Å²) in [5, 5.41) is 9.34. The number of para-hydroxylation sites is 1. The van der Waals surface area contributed by atoms with Gasteiger partial charge in [0.25, 0.3) is 5.91 Å². The zero-order chi connectivity index (χ0) is 20.6. The van der Waals surface area contributed by atoms with Gasteiger partial charge in [0.1, 0.15) is 17.5 Å². The monoisotopic (exact) mass is 395 g/mol. The Bertz CT molecular complexity index is 957. The Morgan fingerprint density at radius 2 is 2.03 bits per heavy atom. The van der Waals surface area contributed by atoms with Crippen LogP contribution in [0.2, 0.25) is 0 Å². The quantitative estimate of drug-likeness (QED) is 0.486. The summed E-state index contributed by atoms with van der Waals surface area (Å²) in [6.45, 7) is 0. The number of carbonyl (C=O) groups excluding carboxylic acids is 2. The summed E-state index contributed by atoms with van der Waals surface area (Å²) >= 11 is 0. The predicted octanol–water partition coefficient (Wildman–Crippen LogP) is 1.51. The molecular weight excluding hydrogens is 374 g/mol. The van der Waals surface area contributed by atoms with Crippen molar-refractivity contribution in [1.82, 2.24) is 10.7 Å². The van der Waals surface area contributed by atoms with Crippen LogP contribution in [0, 0.1) is 0 Å². The van der Waals surface area contributed by atoms with Crippen LogP contribution in [-0.2, 0) is 9.59 Å². The molecule has 3 N–H and O–H groups in total. The van der Waals surface area contributed by atoms with E-state index in [-0.39, 0.29) is 24.2 Å². The third-order valence-electron chi connectivity index (χ3n) is 4.07. The lowest BCUT2D eigenvalue weighted by Gasteiger charge is -2.08. The van der Waals surface area contributed by atoms with Crippen LogP contribution in [0.4, 0.5) is 5.69 Å². The molecule has 2 amide bonds. The van der Waals surface area contributed by atoms with Crippen LogP contribution in [0.3, 0.4) is 0 Å². The molecule has 1 aliphatic rings. The number of amides is 2. The van der Waals surface area contributed by atoms with E-state index in [1.54, 1.807) is 44.7 Å². The van der Waals surface area contributed by atoms with Gasteiger partial charge in [-0.3, -0.25) is 14.9 Å². The first-order valence-electron chi connectivity index (χ1n) is 8.83. The highest BCUT2D eigenvalue weighted by Crippen LogP contribution is 2.17. The molecule has 3 rings (SSSR count). The molecule has 2 aromatic rings. The van der Waals surface area contributed by atoms with Gasteiger partial charge >= 0.3 is 0 Å². The highest BCUT2D eigenvalue weighted by molar-refractivity contribution is 6.07. The molecule has 1 aliphatic heterocycles. The summed E-state index contributed by atoms with van der Waals surface area (Å²) in [7, 11) is 3.12. The lowest BCUT2D eigenvalue weighted by molar-refractivity contribution is -0.123. The molecule has 150 valence electrons. The second kappa shape index (κ2) is 9.36. The summed E-state index contributed by atoms with van der Waals surface area (Å²) in [6.07, 6.45) is 1.46. The molecule has 29 heavy (non-hydrogen) atoms. The van der Waals surface area contributed by atoms with Gasteiger partial charge in [-0.2, -0.15) is 5.10 Å². The number of nitrogens with zero attached hydrogens (tertiary/aromatic N) is 2. The molecule has 1 heterocycles. The molecule has 0 aromatic heterocycles. The molecule has 0 aliphatic carbocycles. The minimum Gasteiger partial charge on any atom is -0.497 e. The summed E-state index contributed by atoms with van der Waals surface area (Å²) < 4.78 is 10.4. The van der Waals surface area contributed by atoms with Gasteiger partial charge in [0, 0.05) is 17.3 Å². The molecule has 0 saturated carbocycles. The highest BCUT2D eigenvalue weighted by atomic mass is 16.5. The van der Waals surface area contributed by atoms with Crippen molar-refractivity contribution in [2.24, 2.45) is 10.1 Å². The Kier molecular flexibility index (Phi) is 6.41. The van der Waals surface area contributed by atoms with Crippen molar-refractivity contribution < 1.29 is 19.1 Å². The number of aliphatic imine (C=N–C) groups is 1. The van der Waals surface area contributed by atoms with Crippen LogP contribution < -0.4 is 25.5 Å². The number of benzene rings is 2. The van der Waals surface area contributed by atoms with Crippen molar-refractivity contribution in [3.05, 3.63) is 54.1 Å². The number of rotatable bonds is 7. The normalized spacial score (nSPS) is 15.6. The van der Waals surface area contributed by atoms with Crippen LogP contribution in [0.5, 0.6) is 11.5 Å². The number of methoxy groups -OCH3 is 2.